The van der Waals surface area contributed by atoms with Crippen LogP contribution < -0.4 is 9.46 Å². The highest BCUT2D eigenvalue weighted by atomic mass is 32.2. The Morgan fingerprint density at radius 1 is 1.34 bits per heavy atom. The third-order valence-electron chi connectivity index (χ3n) is 5.52. The fourth-order valence-corrected chi connectivity index (χ4v) is 5.25. The van der Waals surface area contributed by atoms with Gasteiger partial charge in [-0.1, -0.05) is 23.4 Å². The molecular formula is C24H24N4O6S. The summed E-state index contributed by atoms with van der Waals surface area (Å²) in [4.78, 5) is 15.4. The van der Waals surface area contributed by atoms with Crippen molar-refractivity contribution in [2.45, 2.75) is 45.3 Å². The van der Waals surface area contributed by atoms with Crippen LogP contribution in [0.3, 0.4) is 0 Å². The molecule has 0 amide bonds. The van der Waals surface area contributed by atoms with Crippen LogP contribution in [0, 0.1) is 11.3 Å². The van der Waals surface area contributed by atoms with Crippen LogP contribution in [-0.2, 0) is 21.2 Å². The zero-order valence-electron chi connectivity index (χ0n) is 19.2. The summed E-state index contributed by atoms with van der Waals surface area (Å²) in [7, 11) is -3.99. The van der Waals surface area contributed by atoms with Crippen molar-refractivity contribution in [3.63, 3.8) is 0 Å². The number of carboxylic acids is 1. The maximum Gasteiger partial charge on any atom is 0.320 e. The van der Waals surface area contributed by atoms with Gasteiger partial charge in [-0.2, -0.15) is 10.2 Å². The summed E-state index contributed by atoms with van der Waals surface area (Å²) in [5.41, 5.74) is 3.27. The maximum atomic E-state index is 12.2. The predicted octanol–water partition coefficient (Wildman–Crippen LogP) is 3.44. The summed E-state index contributed by atoms with van der Waals surface area (Å²) in [5.74, 6) is -1.35. The number of hydrogen-bond acceptors (Lipinski definition) is 8. The Hall–Kier alpha value is -3.75. The number of nitriles is 1. The van der Waals surface area contributed by atoms with Gasteiger partial charge in [0.2, 0.25) is 15.8 Å². The number of carboxylic acid groups (broad SMARTS) is 1. The van der Waals surface area contributed by atoms with Gasteiger partial charge in [0, 0.05) is 17.2 Å². The van der Waals surface area contributed by atoms with Crippen LogP contribution in [0.15, 0.2) is 40.9 Å². The Morgan fingerprint density at radius 2 is 2.14 bits per heavy atom. The smallest absolute Gasteiger partial charge is 0.320 e. The van der Waals surface area contributed by atoms with E-state index >= 15 is 0 Å². The van der Waals surface area contributed by atoms with Crippen LogP contribution in [0.25, 0.3) is 22.8 Å². The number of ether oxygens (including phenoxy) is 1. The molecule has 1 atom stereocenters. The van der Waals surface area contributed by atoms with Crippen LogP contribution in [-0.4, -0.2) is 41.5 Å². The number of nitrogens with one attached hydrogen (secondary N) is 1. The van der Waals surface area contributed by atoms with E-state index in [0.29, 0.717) is 47.5 Å². The maximum absolute atomic E-state index is 12.2. The van der Waals surface area contributed by atoms with E-state index in [0.717, 1.165) is 11.1 Å². The first-order valence-electron chi connectivity index (χ1n) is 11.1. The van der Waals surface area contributed by atoms with Crippen LogP contribution in [0.1, 0.15) is 49.4 Å². The van der Waals surface area contributed by atoms with Gasteiger partial charge in [-0.15, -0.1) is 0 Å². The molecule has 0 radical (unpaired) electrons. The summed E-state index contributed by atoms with van der Waals surface area (Å²) in [6.07, 6.45) is 1.86. The third kappa shape index (κ3) is 5.50. The van der Waals surface area contributed by atoms with E-state index in [1.807, 2.05) is 26.0 Å². The first-order valence-corrected chi connectivity index (χ1v) is 12.7. The lowest BCUT2D eigenvalue weighted by Gasteiger charge is -2.27. The van der Waals surface area contributed by atoms with E-state index < -0.39 is 27.8 Å². The Bertz CT molecular complexity index is 1410. The molecule has 10 nitrogen and oxygen atoms in total. The van der Waals surface area contributed by atoms with Gasteiger partial charge >= 0.3 is 5.97 Å². The topological polar surface area (TPSA) is 155 Å². The van der Waals surface area contributed by atoms with E-state index in [1.54, 1.807) is 24.3 Å². The number of hydrogen-bond donors (Lipinski definition) is 2. The van der Waals surface area contributed by atoms with Gasteiger partial charge < -0.3 is 14.4 Å². The van der Waals surface area contributed by atoms with Crippen molar-refractivity contribution in [3.05, 3.63) is 53.1 Å². The monoisotopic (exact) mass is 496 g/mol. The quantitative estimate of drug-likeness (QED) is 0.477. The van der Waals surface area contributed by atoms with E-state index in [-0.39, 0.29) is 12.0 Å². The molecule has 0 spiro atoms. The number of aromatic nitrogens is 2. The second-order valence-electron chi connectivity index (χ2n) is 8.50. The second-order valence-corrected chi connectivity index (χ2v) is 10.3. The van der Waals surface area contributed by atoms with Gasteiger partial charge in [0.05, 0.1) is 11.7 Å². The molecular weight excluding hydrogens is 472 g/mol. The second kappa shape index (κ2) is 9.85. The molecule has 35 heavy (non-hydrogen) atoms. The first kappa shape index (κ1) is 24.4. The van der Waals surface area contributed by atoms with Gasteiger partial charge in [0.25, 0.3) is 5.89 Å². The van der Waals surface area contributed by atoms with Gasteiger partial charge in [-0.05, 0) is 62.4 Å². The Balaban J connectivity index is 1.65. The zero-order chi connectivity index (χ0) is 25.2. The van der Waals surface area contributed by atoms with Crippen LogP contribution in [0.4, 0.5) is 0 Å². The zero-order valence-corrected chi connectivity index (χ0v) is 20.0. The highest BCUT2D eigenvalue weighted by molar-refractivity contribution is 7.90. The Labute approximate surface area is 202 Å². The molecule has 0 aliphatic heterocycles. The minimum absolute atomic E-state index is 0.0790. The lowest BCUT2D eigenvalue weighted by atomic mass is 9.85. The van der Waals surface area contributed by atoms with Crippen molar-refractivity contribution in [2.75, 3.05) is 5.75 Å². The van der Waals surface area contributed by atoms with Crippen molar-refractivity contribution in [3.8, 4) is 34.7 Å². The van der Waals surface area contributed by atoms with E-state index in [4.69, 9.17) is 14.4 Å². The van der Waals surface area contributed by atoms with E-state index in [1.165, 1.54) is 0 Å². The molecule has 1 heterocycles. The fraction of sp³-hybridized carbons (Fsp3) is 0.333. The summed E-state index contributed by atoms with van der Waals surface area (Å²) in [6, 6.07) is 12.1. The predicted molar refractivity (Wildman–Crippen MR) is 126 cm³/mol. The van der Waals surface area contributed by atoms with Crippen LogP contribution in [0.2, 0.25) is 0 Å². The number of rotatable bonds is 8. The average molecular weight is 497 g/mol. The van der Waals surface area contributed by atoms with Crippen molar-refractivity contribution < 1.29 is 27.6 Å². The molecule has 0 saturated carbocycles. The minimum atomic E-state index is -3.99. The third-order valence-corrected chi connectivity index (χ3v) is 6.79. The van der Waals surface area contributed by atoms with Crippen molar-refractivity contribution in [1.82, 2.24) is 14.9 Å². The highest BCUT2D eigenvalue weighted by Crippen LogP contribution is 2.36. The molecule has 1 unspecified atom stereocenters. The number of nitrogens with zero attached hydrogens (tertiary/aromatic N) is 3. The highest BCUT2D eigenvalue weighted by Gasteiger charge is 2.28. The molecule has 1 aliphatic rings. The molecule has 182 valence electrons. The number of carbonyl (C=O) groups is 1. The molecule has 2 N–H and O–H groups in total. The van der Waals surface area contributed by atoms with Crippen molar-refractivity contribution in [1.29, 1.82) is 5.26 Å². The normalized spacial score (nSPS) is 15.4. The molecule has 0 fully saturated rings. The number of benzene rings is 2. The summed E-state index contributed by atoms with van der Waals surface area (Å²) in [5, 5.41) is 22.5. The van der Waals surface area contributed by atoms with E-state index in [2.05, 4.69) is 20.9 Å². The Kier molecular flexibility index (Phi) is 6.86. The molecule has 4 rings (SSSR count). The standard InChI is InChI=1S/C24H24N4O6S/c1-14(2)33-21-10-9-15(11-16(21)12-25)24-26-23(27-34-24)19-7-3-6-18-17(19)5-4-8-20(18)28-35(31,32)13-22(29)30/h3,6-7,9-11,14,20,28H,4-5,8,13H2,1-2H3,(H,29,30). The summed E-state index contributed by atoms with van der Waals surface area (Å²) < 4.78 is 38.1. The number of fused-ring (bicyclic) bond motifs is 1. The average Bonchev–Trinajstić information content (AvgIpc) is 3.28. The summed E-state index contributed by atoms with van der Waals surface area (Å²) >= 11 is 0. The fourth-order valence-electron chi connectivity index (χ4n) is 4.16. The lowest BCUT2D eigenvalue weighted by Crippen LogP contribution is -2.35. The van der Waals surface area contributed by atoms with Crippen molar-refractivity contribution >= 4 is 16.0 Å². The molecule has 11 heteroatoms. The largest absolute Gasteiger partial charge is 0.490 e. The van der Waals surface area contributed by atoms with Crippen molar-refractivity contribution in [2.24, 2.45) is 0 Å². The molecule has 1 aromatic heterocycles. The number of sulfonamides is 1. The van der Waals surface area contributed by atoms with Crippen LogP contribution in [0.5, 0.6) is 5.75 Å². The van der Waals surface area contributed by atoms with Gasteiger partial charge in [-0.3, -0.25) is 4.79 Å². The molecule has 0 bridgehead atoms. The SMILES string of the molecule is CC(C)Oc1ccc(-c2nc(-c3cccc4c3CCCC4NS(=O)(=O)CC(=O)O)no2)cc1C#N. The Morgan fingerprint density at radius 3 is 2.86 bits per heavy atom. The van der Waals surface area contributed by atoms with Gasteiger partial charge in [-0.25, -0.2) is 13.1 Å². The first-order chi connectivity index (χ1) is 16.7. The summed E-state index contributed by atoms with van der Waals surface area (Å²) in [6.45, 7) is 3.75. The molecule has 2 aromatic carbocycles. The minimum Gasteiger partial charge on any atom is -0.490 e. The van der Waals surface area contributed by atoms with E-state index in [9.17, 15) is 18.5 Å². The number of aliphatic carboxylic acids is 1. The van der Waals surface area contributed by atoms with Gasteiger partial charge in [0.1, 0.15) is 11.8 Å². The molecule has 1 aliphatic carbocycles. The van der Waals surface area contributed by atoms with Crippen LogP contribution >= 0.6 is 0 Å². The lowest BCUT2D eigenvalue weighted by molar-refractivity contribution is -0.134. The van der Waals surface area contributed by atoms with Gasteiger partial charge in [0.15, 0.2) is 5.75 Å². The molecule has 0 saturated heterocycles. The molecule has 3 aromatic rings.